The van der Waals surface area contributed by atoms with Crippen molar-refractivity contribution in [2.24, 2.45) is 0 Å². The summed E-state index contributed by atoms with van der Waals surface area (Å²) in [5.74, 6) is 0.636. The fraction of sp³-hybridized carbons (Fsp3) is 0.300. The van der Waals surface area contributed by atoms with Gasteiger partial charge in [-0.25, -0.2) is 0 Å². The Morgan fingerprint density at radius 2 is 1.75 bits per heavy atom. The molecule has 0 aromatic heterocycles. The highest BCUT2D eigenvalue weighted by molar-refractivity contribution is 5.92. The van der Waals surface area contributed by atoms with Gasteiger partial charge in [-0.2, -0.15) is 0 Å². The molecule has 0 radical (unpaired) electrons. The molecule has 0 heterocycles. The zero-order chi connectivity index (χ0) is 17.4. The summed E-state index contributed by atoms with van der Waals surface area (Å²) in [5.41, 5.74) is 3.01. The molecular formula is C20H23NO3. The fourth-order valence-corrected chi connectivity index (χ4v) is 2.36. The molecular weight excluding hydrogens is 302 g/mol. The minimum absolute atomic E-state index is 0.0369. The molecule has 0 saturated heterocycles. The molecule has 126 valence electrons. The van der Waals surface area contributed by atoms with Gasteiger partial charge in [0.1, 0.15) is 11.5 Å². The molecule has 0 spiro atoms. The van der Waals surface area contributed by atoms with Crippen LogP contribution in [-0.2, 0) is 22.4 Å². The molecule has 0 saturated carbocycles. The van der Waals surface area contributed by atoms with Crippen molar-refractivity contribution in [2.45, 2.75) is 33.1 Å². The lowest BCUT2D eigenvalue weighted by Gasteiger charge is -2.11. The van der Waals surface area contributed by atoms with E-state index in [1.165, 1.54) is 0 Å². The highest BCUT2D eigenvalue weighted by Crippen LogP contribution is 2.16. The first-order valence-corrected chi connectivity index (χ1v) is 8.17. The van der Waals surface area contributed by atoms with Crippen molar-refractivity contribution in [2.75, 3.05) is 11.9 Å². The van der Waals surface area contributed by atoms with Gasteiger partial charge in [0.15, 0.2) is 6.61 Å². The van der Waals surface area contributed by atoms with Crippen molar-refractivity contribution in [3.8, 4) is 5.75 Å². The molecule has 2 rings (SSSR count). The number of anilines is 1. The van der Waals surface area contributed by atoms with Crippen LogP contribution in [0.1, 0.15) is 31.4 Å². The third kappa shape index (κ3) is 5.54. The van der Waals surface area contributed by atoms with Crippen LogP contribution in [-0.4, -0.2) is 18.3 Å². The van der Waals surface area contributed by atoms with E-state index in [0.717, 1.165) is 29.7 Å². The van der Waals surface area contributed by atoms with E-state index < -0.39 is 0 Å². The normalized spacial score (nSPS) is 10.2. The third-order valence-electron chi connectivity index (χ3n) is 3.73. The number of hydrogen-bond donors (Lipinski definition) is 1. The Morgan fingerprint density at radius 1 is 1.04 bits per heavy atom. The predicted molar refractivity (Wildman–Crippen MR) is 95.4 cm³/mol. The van der Waals surface area contributed by atoms with E-state index in [1.54, 1.807) is 6.92 Å². The number of rotatable bonds is 8. The van der Waals surface area contributed by atoms with Crippen LogP contribution in [0.25, 0.3) is 0 Å². The number of benzene rings is 2. The highest BCUT2D eigenvalue weighted by Gasteiger charge is 2.06. The first-order chi connectivity index (χ1) is 11.6. The molecule has 0 aliphatic carbocycles. The largest absolute Gasteiger partial charge is 0.484 e. The Morgan fingerprint density at radius 3 is 2.42 bits per heavy atom. The summed E-state index contributed by atoms with van der Waals surface area (Å²) in [7, 11) is 0. The SMILES string of the molecule is CCc1ccccc1NC(=O)COc1ccc(CCC(C)=O)cc1. The number of ketones is 1. The Balaban J connectivity index is 1.84. The van der Waals surface area contributed by atoms with Crippen molar-refractivity contribution in [1.82, 2.24) is 0 Å². The quantitative estimate of drug-likeness (QED) is 0.803. The standard InChI is InChI=1S/C20H23NO3/c1-3-17-6-4-5-7-19(17)21-20(23)14-24-18-12-10-16(11-13-18)9-8-15(2)22/h4-7,10-13H,3,8-9,14H2,1-2H3,(H,21,23). The van der Waals surface area contributed by atoms with Crippen LogP contribution in [0.5, 0.6) is 5.75 Å². The number of para-hydroxylation sites is 1. The van der Waals surface area contributed by atoms with Crippen molar-refractivity contribution in [1.29, 1.82) is 0 Å². The Kier molecular flexibility index (Phi) is 6.55. The maximum Gasteiger partial charge on any atom is 0.262 e. The molecule has 4 heteroatoms. The van der Waals surface area contributed by atoms with E-state index in [1.807, 2.05) is 48.5 Å². The van der Waals surface area contributed by atoms with Crippen molar-refractivity contribution < 1.29 is 14.3 Å². The van der Waals surface area contributed by atoms with Crippen molar-refractivity contribution in [3.63, 3.8) is 0 Å². The molecule has 0 fully saturated rings. The van der Waals surface area contributed by atoms with Crippen LogP contribution >= 0.6 is 0 Å². The minimum Gasteiger partial charge on any atom is -0.484 e. The van der Waals surface area contributed by atoms with Gasteiger partial charge >= 0.3 is 0 Å². The van der Waals surface area contributed by atoms with Crippen LogP contribution in [0.2, 0.25) is 0 Å². The molecule has 2 aromatic carbocycles. The summed E-state index contributed by atoms with van der Waals surface area (Å²) in [6, 6.07) is 15.2. The van der Waals surface area contributed by atoms with Gasteiger partial charge in [0.05, 0.1) is 0 Å². The van der Waals surface area contributed by atoms with E-state index in [9.17, 15) is 9.59 Å². The molecule has 0 bridgehead atoms. The Labute approximate surface area is 142 Å². The van der Waals surface area contributed by atoms with Crippen LogP contribution in [0.15, 0.2) is 48.5 Å². The molecule has 1 amide bonds. The predicted octanol–water partition coefficient (Wildman–Crippen LogP) is 3.79. The average molecular weight is 325 g/mol. The van der Waals surface area contributed by atoms with Crippen LogP contribution in [0.3, 0.4) is 0 Å². The van der Waals surface area contributed by atoms with Crippen LogP contribution < -0.4 is 10.1 Å². The van der Waals surface area contributed by atoms with Gasteiger partial charge in [-0.15, -0.1) is 0 Å². The molecule has 2 aromatic rings. The lowest BCUT2D eigenvalue weighted by molar-refractivity contribution is -0.118. The van der Waals surface area contributed by atoms with Crippen LogP contribution in [0, 0.1) is 0 Å². The summed E-state index contributed by atoms with van der Waals surface area (Å²) < 4.78 is 5.52. The maximum atomic E-state index is 12.0. The smallest absolute Gasteiger partial charge is 0.262 e. The van der Waals surface area contributed by atoms with Gasteiger partial charge in [-0.1, -0.05) is 37.3 Å². The lowest BCUT2D eigenvalue weighted by atomic mass is 10.1. The van der Waals surface area contributed by atoms with Crippen LogP contribution in [0.4, 0.5) is 5.69 Å². The zero-order valence-electron chi connectivity index (χ0n) is 14.2. The number of hydrogen-bond acceptors (Lipinski definition) is 3. The number of carbonyl (C=O) groups excluding carboxylic acids is 2. The molecule has 0 aliphatic heterocycles. The number of carbonyl (C=O) groups is 2. The summed E-state index contributed by atoms with van der Waals surface area (Å²) in [4.78, 5) is 23.0. The fourth-order valence-electron chi connectivity index (χ4n) is 2.36. The van der Waals surface area contributed by atoms with Gasteiger partial charge in [0, 0.05) is 12.1 Å². The van der Waals surface area contributed by atoms with E-state index >= 15 is 0 Å². The number of nitrogens with one attached hydrogen (secondary N) is 1. The molecule has 0 atom stereocenters. The second-order valence-corrected chi connectivity index (χ2v) is 5.69. The van der Waals surface area contributed by atoms with E-state index in [2.05, 4.69) is 12.2 Å². The maximum absolute atomic E-state index is 12.0. The van der Waals surface area contributed by atoms with Gasteiger partial charge in [0.2, 0.25) is 0 Å². The van der Waals surface area contributed by atoms with Crippen molar-refractivity contribution in [3.05, 3.63) is 59.7 Å². The summed E-state index contributed by atoms with van der Waals surface area (Å²) in [5, 5.41) is 2.87. The first-order valence-electron chi connectivity index (χ1n) is 8.17. The lowest BCUT2D eigenvalue weighted by Crippen LogP contribution is -2.20. The van der Waals surface area contributed by atoms with Gasteiger partial charge in [-0.3, -0.25) is 4.79 Å². The third-order valence-corrected chi connectivity index (χ3v) is 3.73. The second-order valence-electron chi connectivity index (χ2n) is 5.69. The number of aryl methyl sites for hydroxylation is 2. The topological polar surface area (TPSA) is 55.4 Å². The summed E-state index contributed by atoms with van der Waals surface area (Å²) in [6.07, 6.45) is 2.13. The van der Waals surface area contributed by atoms with Gasteiger partial charge in [0.25, 0.3) is 5.91 Å². The average Bonchev–Trinajstić information content (AvgIpc) is 2.59. The van der Waals surface area contributed by atoms with Gasteiger partial charge < -0.3 is 14.8 Å². The van der Waals surface area contributed by atoms with E-state index in [4.69, 9.17) is 4.74 Å². The van der Waals surface area contributed by atoms with Crippen molar-refractivity contribution >= 4 is 17.4 Å². The molecule has 4 nitrogen and oxygen atoms in total. The number of ether oxygens (including phenoxy) is 1. The summed E-state index contributed by atoms with van der Waals surface area (Å²) >= 11 is 0. The van der Waals surface area contributed by atoms with E-state index in [0.29, 0.717) is 12.2 Å². The zero-order valence-corrected chi connectivity index (χ0v) is 14.2. The Bertz CT molecular complexity index is 692. The molecule has 0 aliphatic rings. The van der Waals surface area contributed by atoms with E-state index in [-0.39, 0.29) is 18.3 Å². The molecule has 0 unspecified atom stereocenters. The second kappa shape index (κ2) is 8.87. The number of Topliss-reactive ketones (excluding diaryl/α,β-unsaturated/α-hetero) is 1. The highest BCUT2D eigenvalue weighted by atomic mass is 16.5. The molecule has 1 N–H and O–H groups in total. The summed E-state index contributed by atoms with van der Waals surface area (Å²) in [6.45, 7) is 3.60. The Hall–Kier alpha value is -2.62. The monoisotopic (exact) mass is 325 g/mol. The number of amides is 1. The first kappa shape index (κ1) is 17.7. The molecule has 24 heavy (non-hydrogen) atoms. The minimum atomic E-state index is -0.184. The van der Waals surface area contributed by atoms with Gasteiger partial charge in [-0.05, 0) is 49.1 Å².